The number of rotatable bonds is 8. The van der Waals surface area contributed by atoms with Crippen molar-refractivity contribution in [2.24, 2.45) is 10.8 Å². The van der Waals surface area contributed by atoms with Crippen molar-refractivity contribution in [2.75, 3.05) is 26.8 Å². The molecular formula is C15H22N4O3S. The normalized spacial score (nSPS) is 10.4. The second kappa shape index (κ2) is 9.62. The number of ether oxygens (including phenoxy) is 2. The summed E-state index contributed by atoms with van der Waals surface area (Å²) < 4.78 is 10.8. The van der Waals surface area contributed by atoms with E-state index in [4.69, 9.17) is 15.2 Å². The molecule has 1 rings (SSSR count). The molecule has 0 spiro atoms. The molecule has 0 bridgehead atoms. The Morgan fingerprint density at radius 2 is 2.09 bits per heavy atom. The second-order valence-corrected chi connectivity index (χ2v) is 4.94. The Bertz CT molecular complexity index is 574. The minimum absolute atomic E-state index is 0.0333. The van der Waals surface area contributed by atoms with Crippen LogP contribution in [0, 0.1) is 0 Å². The van der Waals surface area contributed by atoms with Gasteiger partial charge in [-0.1, -0.05) is 0 Å². The van der Waals surface area contributed by atoms with Gasteiger partial charge in [-0.25, -0.2) is 0 Å². The molecule has 1 amide bonds. The maximum atomic E-state index is 12.0. The van der Waals surface area contributed by atoms with Gasteiger partial charge < -0.3 is 20.1 Å². The summed E-state index contributed by atoms with van der Waals surface area (Å²) in [5.41, 5.74) is 8.52. The van der Waals surface area contributed by atoms with Crippen LogP contribution in [0.15, 0.2) is 23.3 Å². The Labute approximate surface area is 141 Å². The number of methoxy groups -OCH3 is 1. The third-order valence-electron chi connectivity index (χ3n) is 3.04. The van der Waals surface area contributed by atoms with E-state index in [1.54, 1.807) is 29.3 Å². The predicted octanol–water partition coefficient (Wildman–Crippen LogP) is 1.11. The zero-order valence-electron chi connectivity index (χ0n) is 13.5. The highest BCUT2D eigenvalue weighted by molar-refractivity contribution is 7.80. The number of hydrogen-bond donors (Lipinski definition) is 2. The van der Waals surface area contributed by atoms with Crippen LogP contribution in [0.4, 0.5) is 0 Å². The summed E-state index contributed by atoms with van der Waals surface area (Å²) in [5.74, 6) is 0.937. The first-order valence-electron chi connectivity index (χ1n) is 7.18. The molecule has 126 valence electrons. The summed E-state index contributed by atoms with van der Waals surface area (Å²) in [4.78, 5) is 13.7. The standard InChI is InChI=1S/C15H22N4O3S/c1-4-19(5-2)14(20)10-22-12-7-6-11(8-13(12)21-3)9-17-18-15(16)23/h6-9H,4-5,10H2,1-3H3,(H3,16,18,23). The number of nitrogens with zero attached hydrogens (tertiary/aromatic N) is 2. The summed E-state index contributed by atoms with van der Waals surface area (Å²) in [7, 11) is 1.53. The minimum atomic E-state index is -0.0663. The Hall–Kier alpha value is -2.35. The van der Waals surface area contributed by atoms with Gasteiger partial charge in [-0.15, -0.1) is 0 Å². The molecule has 0 heterocycles. The number of carbonyl (C=O) groups excluding carboxylic acids is 1. The molecule has 3 N–H and O–H groups in total. The predicted molar refractivity (Wildman–Crippen MR) is 93.9 cm³/mol. The second-order valence-electron chi connectivity index (χ2n) is 4.50. The van der Waals surface area contributed by atoms with Gasteiger partial charge >= 0.3 is 0 Å². The van der Waals surface area contributed by atoms with Gasteiger partial charge in [-0.3, -0.25) is 10.2 Å². The van der Waals surface area contributed by atoms with E-state index in [0.29, 0.717) is 24.6 Å². The molecular weight excluding hydrogens is 316 g/mol. The van der Waals surface area contributed by atoms with Crippen LogP contribution in [0.1, 0.15) is 19.4 Å². The van der Waals surface area contributed by atoms with Gasteiger partial charge in [0.2, 0.25) is 0 Å². The number of hydrogen-bond acceptors (Lipinski definition) is 5. The average molecular weight is 338 g/mol. The fourth-order valence-corrected chi connectivity index (χ4v) is 1.91. The molecule has 0 unspecified atom stereocenters. The molecule has 0 aliphatic carbocycles. The molecule has 0 aliphatic rings. The number of likely N-dealkylation sites (N-methyl/N-ethyl adjacent to an activating group) is 1. The zero-order valence-corrected chi connectivity index (χ0v) is 14.4. The lowest BCUT2D eigenvalue weighted by Crippen LogP contribution is -2.34. The lowest BCUT2D eigenvalue weighted by Gasteiger charge is -2.19. The van der Waals surface area contributed by atoms with Crippen molar-refractivity contribution in [3.8, 4) is 11.5 Å². The number of amides is 1. The summed E-state index contributed by atoms with van der Waals surface area (Å²) in [6.45, 7) is 5.13. The SMILES string of the molecule is CCN(CC)C(=O)COc1ccc(C=NNC(N)=S)cc1OC. The zero-order chi connectivity index (χ0) is 17.2. The van der Waals surface area contributed by atoms with Crippen LogP contribution in [-0.2, 0) is 4.79 Å². The van der Waals surface area contributed by atoms with E-state index in [1.807, 2.05) is 13.8 Å². The van der Waals surface area contributed by atoms with Crippen LogP contribution in [-0.4, -0.2) is 48.9 Å². The van der Waals surface area contributed by atoms with Crippen molar-refractivity contribution in [2.45, 2.75) is 13.8 Å². The van der Waals surface area contributed by atoms with E-state index in [-0.39, 0.29) is 17.6 Å². The Balaban J connectivity index is 2.74. The quantitative estimate of drug-likeness (QED) is 0.419. The molecule has 0 saturated carbocycles. The van der Waals surface area contributed by atoms with E-state index < -0.39 is 0 Å². The van der Waals surface area contributed by atoms with Crippen LogP contribution in [0.25, 0.3) is 0 Å². The molecule has 0 atom stereocenters. The highest BCUT2D eigenvalue weighted by Crippen LogP contribution is 2.27. The number of nitrogens with one attached hydrogen (secondary N) is 1. The molecule has 23 heavy (non-hydrogen) atoms. The maximum absolute atomic E-state index is 12.0. The van der Waals surface area contributed by atoms with Crippen molar-refractivity contribution in [3.05, 3.63) is 23.8 Å². The molecule has 0 saturated heterocycles. The van der Waals surface area contributed by atoms with Gasteiger partial charge in [-0.05, 0) is 49.8 Å². The lowest BCUT2D eigenvalue weighted by atomic mass is 10.2. The molecule has 0 fully saturated rings. The van der Waals surface area contributed by atoms with Gasteiger partial charge in [0, 0.05) is 13.1 Å². The van der Waals surface area contributed by atoms with Crippen molar-refractivity contribution in [3.63, 3.8) is 0 Å². The monoisotopic (exact) mass is 338 g/mol. The molecule has 1 aromatic rings. The molecule has 0 radical (unpaired) electrons. The third-order valence-corrected chi connectivity index (χ3v) is 3.13. The highest BCUT2D eigenvalue weighted by Gasteiger charge is 2.12. The van der Waals surface area contributed by atoms with Crippen molar-refractivity contribution in [1.29, 1.82) is 0 Å². The summed E-state index contributed by atoms with van der Waals surface area (Å²) >= 11 is 4.65. The Kier molecular flexibility index (Phi) is 7.82. The lowest BCUT2D eigenvalue weighted by molar-refractivity contribution is -0.132. The molecule has 1 aromatic carbocycles. The van der Waals surface area contributed by atoms with E-state index in [1.165, 1.54) is 7.11 Å². The van der Waals surface area contributed by atoms with Crippen LogP contribution in [0.3, 0.4) is 0 Å². The van der Waals surface area contributed by atoms with Gasteiger partial charge in [0.15, 0.2) is 23.2 Å². The highest BCUT2D eigenvalue weighted by atomic mass is 32.1. The van der Waals surface area contributed by atoms with Gasteiger partial charge in [0.25, 0.3) is 5.91 Å². The van der Waals surface area contributed by atoms with Gasteiger partial charge in [-0.2, -0.15) is 5.10 Å². The molecule has 7 nitrogen and oxygen atoms in total. The van der Waals surface area contributed by atoms with E-state index in [0.717, 1.165) is 5.56 Å². The number of benzene rings is 1. The fraction of sp³-hybridized carbons (Fsp3) is 0.400. The van der Waals surface area contributed by atoms with E-state index in [2.05, 4.69) is 22.7 Å². The number of thiocarbonyl (C=S) groups is 1. The van der Waals surface area contributed by atoms with Gasteiger partial charge in [0.1, 0.15) is 0 Å². The van der Waals surface area contributed by atoms with Crippen LogP contribution in [0.5, 0.6) is 11.5 Å². The Morgan fingerprint density at radius 3 is 2.65 bits per heavy atom. The fourth-order valence-electron chi connectivity index (χ4n) is 1.86. The van der Waals surface area contributed by atoms with Crippen LogP contribution in [0.2, 0.25) is 0 Å². The van der Waals surface area contributed by atoms with Crippen LogP contribution >= 0.6 is 12.2 Å². The first-order chi connectivity index (χ1) is 11.0. The largest absolute Gasteiger partial charge is 0.493 e. The molecule has 8 heteroatoms. The summed E-state index contributed by atoms with van der Waals surface area (Å²) in [5, 5.41) is 3.95. The third kappa shape index (κ3) is 6.11. The van der Waals surface area contributed by atoms with Crippen molar-refractivity contribution >= 4 is 29.5 Å². The topological polar surface area (TPSA) is 89.2 Å². The minimum Gasteiger partial charge on any atom is -0.493 e. The van der Waals surface area contributed by atoms with E-state index >= 15 is 0 Å². The van der Waals surface area contributed by atoms with Crippen molar-refractivity contribution in [1.82, 2.24) is 10.3 Å². The first kappa shape index (κ1) is 18.7. The maximum Gasteiger partial charge on any atom is 0.260 e. The smallest absolute Gasteiger partial charge is 0.260 e. The average Bonchev–Trinajstić information content (AvgIpc) is 2.54. The molecule has 0 aliphatic heterocycles. The van der Waals surface area contributed by atoms with Crippen LogP contribution < -0.4 is 20.6 Å². The van der Waals surface area contributed by atoms with Crippen molar-refractivity contribution < 1.29 is 14.3 Å². The summed E-state index contributed by atoms with van der Waals surface area (Å²) in [6, 6.07) is 5.24. The number of hydrazone groups is 1. The summed E-state index contributed by atoms with van der Waals surface area (Å²) in [6.07, 6.45) is 1.55. The molecule has 0 aromatic heterocycles. The van der Waals surface area contributed by atoms with E-state index in [9.17, 15) is 4.79 Å². The van der Waals surface area contributed by atoms with Gasteiger partial charge in [0.05, 0.1) is 13.3 Å². The number of carbonyl (C=O) groups is 1. The number of nitrogens with two attached hydrogens (primary N) is 1. The first-order valence-corrected chi connectivity index (χ1v) is 7.59. The Morgan fingerprint density at radius 1 is 1.39 bits per heavy atom.